The molecule has 8 heteroatoms. The Morgan fingerprint density at radius 3 is 2.21 bits per heavy atom. The molecule has 0 aromatic rings. The third-order valence-corrected chi connectivity index (χ3v) is 5.32. The molecule has 2 heterocycles. The van der Waals surface area contributed by atoms with Crippen LogP contribution in [-0.4, -0.2) is 73.0 Å². The molecule has 138 valence electrons. The van der Waals surface area contributed by atoms with Gasteiger partial charge in [0.2, 0.25) is 11.6 Å². The monoisotopic (exact) mass is 346 g/mol. The highest BCUT2D eigenvalue weighted by Crippen LogP contribution is 2.47. The zero-order valence-corrected chi connectivity index (χ0v) is 15.0. The largest absolute Gasteiger partial charge is 0.384 e. The number of ketones is 1. The van der Waals surface area contributed by atoms with E-state index in [4.69, 9.17) is 28.4 Å². The van der Waals surface area contributed by atoms with Gasteiger partial charge in [0, 0.05) is 20.6 Å². The lowest BCUT2D eigenvalue weighted by Crippen LogP contribution is -2.76. The predicted molar refractivity (Wildman–Crippen MR) is 80.1 cm³/mol. The first-order valence-corrected chi connectivity index (χ1v) is 8.02. The quantitative estimate of drug-likeness (QED) is 0.766. The average molecular weight is 346 g/mol. The van der Waals surface area contributed by atoms with Crippen LogP contribution >= 0.6 is 0 Å². The molecule has 6 atom stereocenters. The van der Waals surface area contributed by atoms with Gasteiger partial charge in [0.1, 0.15) is 23.9 Å². The Morgan fingerprint density at radius 2 is 1.62 bits per heavy atom. The molecule has 1 aliphatic carbocycles. The summed E-state index contributed by atoms with van der Waals surface area (Å²) in [4.78, 5) is 12.6. The lowest BCUT2D eigenvalue weighted by atomic mass is 9.76. The zero-order valence-electron chi connectivity index (χ0n) is 15.0. The number of fused-ring (bicyclic) bond motifs is 3. The number of rotatable bonds is 2. The van der Waals surface area contributed by atoms with Gasteiger partial charge < -0.3 is 33.5 Å². The van der Waals surface area contributed by atoms with Crippen LogP contribution in [0, 0.1) is 0 Å². The zero-order chi connectivity index (χ0) is 18.0. The summed E-state index contributed by atoms with van der Waals surface area (Å²) in [7, 11) is 2.92. The first-order chi connectivity index (χ1) is 11.0. The molecule has 8 nitrogen and oxygen atoms in total. The fourth-order valence-electron chi connectivity index (χ4n) is 3.54. The number of ether oxygens (including phenoxy) is 6. The Hall–Kier alpha value is -0.610. The second-order valence-corrected chi connectivity index (χ2v) is 7.39. The minimum Gasteiger partial charge on any atom is -0.384 e. The smallest absolute Gasteiger partial charge is 0.221 e. The Kier molecular flexibility index (Phi) is 4.12. The number of carbonyl (C=O) groups is 1. The lowest BCUT2D eigenvalue weighted by molar-refractivity contribution is -0.467. The van der Waals surface area contributed by atoms with Gasteiger partial charge in [-0.05, 0) is 27.7 Å². The van der Waals surface area contributed by atoms with Crippen molar-refractivity contribution in [1.29, 1.82) is 0 Å². The van der Waals surface area contributed by atoms with Gasteiger partial charge in [-0.25, -0.2) is 0 Å². The van der Waals surface area contributed by atoms with Crippen molar-refractivity contribution in [3.63, 3.8) is 0 Å². The van der Waals surface area contributed by atoms with Crippen molar-refractivity contribution in [3.8, 4) is 0 Å². The maximum absolute atomic E-state index is 12.6. The number of carbonyl (C=O) groups excluding carboxylic acids is 1. The van der Waals surface area contributed by atoms with Gasteiger partial charge >= 0.3 is 0 Å². The molecule has 0 unspecified atom stereocenters. The van der Waals surface area contributed by atoms with Gasteiger partial charge in [0.15, 0.2) is 11.6 Å². The van der Waals surface area contributed by atoms with Crippen molar-refractivity contribution in [1.82, 2.24) is 0 Å². The van der Waals surface area contributed by atoms with Crippen LogP contribution in [0.25, 0.3) is 0 Å². The fourth-order valence-corrected chi connectivity index (χ4v) is 3.54. The second-order valence-electron chi connectivity index (χ2n) is 7.39. The fraction of sp³-hybridized carbons (Fsp3) is 0.938. The van der Waals surface area contributed by atoms with Gasteiger partial charge in [-0.1, -0.05) is 0 Å². The van der Waals surface area contributed by atoms with Crippen molar-refractivity contribution < 1.29 is 38.3 Å². The standard InChI is InChI=1S/C16H26O8/c1-13(2)21-8-16(18)7-9(17)10-11(12(16)24-13)23-15(4,20-6)14(3,19-5)22-10/h10-12,18H,7-8H2,1-6H3/t10-,11+,12-,14+,15+,16-/m0/s1. The summed E-state index contributed by atoms with van der Waals surface area (Å²) in [6, 6.07) is 0. The van der Waals surface area contributed by atoms with E-state index in [9.17, 15) is 9.90 Å². The van der Waals surface area contributed by atoms with E-state index in [0.29, 0.717) is 0 Å². The number of hydrogen-bond donors (Lipinski definition) is 1. The van der Waals surface area contributed by atoms with E-state index in [2.05, 4.69) is 0 Å². The minimum absolute atomic E-state index is 0.0196. The third kappa shape index (κ3) is 2.52. The Labute approximate surface area is 141 Å². The van der Waals surface area contributed by atoms with Crippen molar-refractivity contribution in [3.05, 3.63) is 0 Å². The second kappa shape index (κ2) is 5.44. The van der Waals surface area contributed by atoms with Crippen LogP contribution in [0.4, 0.5) is 0 Å². The van der Waals surface area contributed by atoms with E-state index in [-0.39, 0.29) is 18.8 Å². The Bertz CT molecular complexity index is 536. The Balaban J connectivity index is 1.99. The van der Waals surface area contributed by atoms with Crippen LogP contribution in [0.3, 0.4) is 0 Å². The number of hydrogen-bond acceptors (Lipinski definition) is 8. The molecule has 0 aromatic carbocycles. The first-order valence-electron chi connectivity index (χ1n) is 8.02. The van der Waals surface area contributed by atoms with Crippen LogP contribution in [0.15, 0.2) is 0 Å². The highest BCUT2D eigenvalue weighted by Gasteiger charge is 2.66. The molecule has 0 bridgehead atoms. The van der Waals surface area contributed by atoms with Gasteiger partial charge in [0.05, 0.1) is 6.61 Å². The van der Waals surface area contributed by atoms with Crippen LogP contribution in [0.2, 0.25) is 0 Å². The number of Topliss-reactive ketones (excluding diaryl/α,β-unsaturated/α-hetero) is 1. The molecular formula is C16H26O8. The lowest BCUT2D eigenvalue weighted by Gasteiger charge is -2.58. The van der Waals surface area contributed by atoms with Gasteiger partial charge in [-0.2, -0.15) is 0 Å². The molecule has 0 aromatic heterocycles. The molecule has 3 rings (SSSR count). The van der Waals surface area contributed by atoms with Crippen molar-refractivity contribution >= 4 is 5.78 Å². The molecule has 3 fully saturated rings. The predicted octanol–water partition coefficient (Wildman–Crippen LogP) is 0.351. The maximum atomic E-state index is 12.6. The summed E-state index contributed by atoms with van der Waals surface area (Å²) >= 11 is 0. The molecule has 3 aliphatic rings. The third-order valence-electron chi connectivity index (χ3n) is 5.32. The molecular weight excluding hydrogens is 320 g/mol. The van der Waals surface area contributed by atoms with Crippen molar-refractivity contribution in [2.45, 2.75) is 75.4 Å². The number of aliphatic hydroxyl groups is 1. The molecule has 2 saturated heterocycles. The molecule has 0 radical (unpaired) electrons. The summed E-state index contributed by atoms with van der Waals surface area (Å²) in [5.41, 5.74) is -1.47. The number of methoxy groups -OCH3 is 2. The van der Waals surface area contributed by atoms with Crippen LogP contribution in [0.1, 0.15) is 34.1 Å². The molecule has 2 aliphatic heterocycles. The van der Waals surface area contributed by atoms with Gasteiger partial charge in [-0.15, -0.1) is 0 Å². The molecule has 1 saturated carbocycles. The van der Waals surface area contributed by atoms with E-state index >= 15 is 0 Å². The SMILES string of the molecule is CO[C@]1(C)O[C@@H]2[C@@H](O[C@@]1(C)OC)C(=O)C[C@]1(O)COC(C)(C)O[C@@H]21. The molecule has 0 spiro atoms. The highest BCUT2D eigenvalue weighted by molar-refractivity contribution is 5.86. The molecule has 24 heavy (non-hydrogen) atoms. The van der Waals surface area contributed by atoms with E-state index in [0.717, 1.165) is 0 Å². The van der Waals surface area contributed by atoms with Gasteiger partial charge in [-0.3, -0.25) is 4.79 Å². The topological polar surface area (TPSA) is 92.7 Å². The molecule has 1 N–H and O–H groups in total. The van der Waals surface area contributed by atoms with E-state index in [1.165, 1.54) is 14.2 Å². The summed E-state index contributed by atoms with van der Waals surface area (Å²) < 4.78 is 34.4. The summed E-state index contributed by atoms with van der Waals surface area (Å²) in [6.45, 7) is 6.78. The summed E-state index contributed by atoms with van der Waals surface area (Å²) in [5, 5.41) is 10.9. The first kappa shape index (κ1) is 18.2. The van der Waals surface area contributed by atoms with Crippen molar-refractivity contribution in [2.75, 3.05) is 20.8 Å². The average Bonchev–Trinajstić information content (AvgIpc) is 2.51. The van der Waals surface area contributed by atoms with Crippen LogP contribution < -0.4 is 0 Å². The van der Waals surface area contributed by atoms with Crippen LogP contribution in [-0.2, 0) is 33.2 Å². The van der Waals surface area contributed by atoms with E-state index in [1.54, 1.807) is 27.7 Å². The minimum atomic E-state index is -1.47. The Morgan fingerprint density at radius 1 is 1.04 bits per heavy atom. The maximum Gasteiger partial charge on any atom is 0.221 e. The summed E-state index contributed by atoms with van der Waals surface area (Å²) in [6.07, 6.45) is -2.69. The van der Waals surface area contributed by atoms with Crippen molar-refractivity contribution in [2.24, 2.45) is 0 Å². The van der Waals surface area contributed by atoms with E-state index < -0.39 is 41.3 Å². The van der Waals surface area contributed by atoms with Gasteiger partial charge in [0.25, 0.3) is 0 Å². The molecule has 0 amide bonds. The summed E-state index contributed by atoms with van der Waals surface area (Å²) in [5.74, 6) is -3.76. The normalized spacial score (nSPS) is 51.0. The van der Waals surface area contributed by atoms with Crippen LogP contribution in [0.5, 0.6) is 0 Å². The van der Waals surface area contributed by atoms with E-state index in [1.807, 2.05) is 0 Å². The highest BCUT2D eigenvalue weighted by atomic mass is 16.8.